The fourth-order valence-electron chi connectivity index (χ4n) is 2.77. The average Bonchev–Trinajstić information content (AvgIpc) is 2.54. The van der Waals surface area contributed by atoms with E-state index in [0.717, 1.165) is 16.3 Å². The van der Waals surface area contributed by atoms with Crippen LogP contribution in [0.1, 0.15) is 27.0 Å². The molecule has 0 atom stereocenters. The minimum Gasteiger partial charge on any atom is -0.289 e. The van der Waals surface area contributed by atoms with Crippen LogP contribution in [0.4, 0.5) is 5.69 Å². The highest BCUT2D eigenvalue weighted by atomic mass is 16.6. The fraction of sp³-hybridized carbons (Fsp3) is 0.105. The lowest BCUT2D eigenvalue weighted by Gasteiger charge is -2.10. The summed E-state index contributed by atoms with van der Waals surface area (Å²) in [5.74, 6) is -0.192. The monoisotopic (exact) mass is 305 g/mol. The van der Waals surface area contributed by atoms with Gasteiger partial charge in [-0.25, -0.2) is 0 Å². The smallest absolute Gasteiger partial charge is 0.273 e. The lowest BCUT2D eigenvalue weighted by molar-refractivity contribution is -0.385. The van der Waals surface area contributed by atoms with Crippen molar-refractivity contribution in [3.05, 3.63) is 87.0 Å². The van der Waals surface area contributed by atoms with Gasteiger partial charge in [0.15, 0.2) is 5.78 Å². The van der Waals surface area contributed by atoms with E-state index < -0.39 is 4.92 Å². The number of carbonyl (C=O) groups excluding carboxylic acids is 1. The molecule has 0 bridgehead atoms. The number of nitro groups is 1. The van der Waals surface area contributed by atoms with Crippen molar-refractivity contribution in [1.82, 2.24) is 0 Å². The average molecular weight is 305 g/mol. The first-order valence-electron chi connectivity index (χ1n) is 7.27. The Hall–Kier alpha value is -3.01. The van der Waals surface area contributed by atoms with Crippen molar-refractivity contribution in [2.24, 2.45) is 0 Å². The zero-order valence-electron chi connectivity index (χ0n) is 12.9. The zero-order valence-corrected chi connectivity index (χ0v) is 12.9. The normalized spacial score (nSPS) is 10.7. The summed E-state index contributed by atoms with van der Waals surface area (Å²) in [5, 5.41) is 12.9. The van der Waals surface area contributed by atoms with Crippen LogP contribution in [-0.2, 0) is 0 Å². The van der Waals surface area contributed by atoms with Crippen LogP contribution in [0, 0.1) is 24.0 Å². The molecule has 0 saturated carbocycles. The zero-order chi connectivity index (χ0) is 16.6. The molecule has 0 amide bonds. The van der Waals surface area contributed by atoms with Gasteiger partial charge in [0, 0.05) is 22.8 Å². The molecule has 0 fully saturated rings. The molecule has 3 aromatic rings. The van der Waals surface area contributed by atoms with Crippen molar-refractivity contribution in [2.75, 3.05) is 0 Å². The number of hydrogen-bond acceptors (Lipinski definition) is 3. The van der Waals surface area contributed by atoms with Crippen LogP contribution >= 0.6 is 0 Å². The predicted molar refractivity (Wildman–Crippen MR) is 90.0 cm³/mol. The molecular weight excluding hydrogens is 290 g/mol. The third-order valence-electron chi connectivity index (χ3n) is 4.03. The first-order valence-corrected chi connectivity index (χ1v) is 7.27. The van der Waals surface area contributed by atoms with Gasteiger partial charge in [0.2, 0.25) is 0 Å². The summed E-state index contributed by atoms with van der Waals surface area (Å²) in [6.07, 6.45) is 0. The molecule has 0 unspecified atom stereocenters. The van der Waals surface area contributed by atoms with E-state index in [9.17, 15) is 14.9 Å². The minimum absolute atomic E-state index is 0.0336. The largest absolute Gasteiger partial charge is 0.289 e. The number of carbonyl (C=O) groups is 1. The first kappa shape index (κ1) is 14.9. The molecule has 3 aromatic carbocycles. The lowest BCUT2D eigenvalue weighted by Crippen LogP contribution is -2.06. The van der Waals surface area contributed by atoms with Gasteiger partial charge in [-0.15, -0.1) is 0 Å². The summed E-state index contributed by atoms with van der Waals surface area (Å²) in [4.78, 5) is 23.6. The molecule has 3 rings (SSSR count). The molecule has 0 saturated heterocycles. The third-order valence-corrected chi connectivity index (χ3v) is 4.03. The Morgan fingerprint density at radius 3 is 2.39 bits per heavy atom. The van der Waals surface area contributed by atoms with Crippen LogP contribution in [0.5, 0.6) is 0 Å². The van der Waals surface area contributed by atoms with E-state index in [1.54, 1.807) is 19.1 Å². The van der Waals surface area contributed by atoms with Gasteiger partial charge in [-0.1, -0.05) is 48.5 Å². The molecule has 0 aliphatic heterocycles. The molecule has 0 aromatic heterocycles. The highest BCUT2D eigenvalue weighted by Gasteiger charge is 2.19. The van der Waals surface area contributed by atoms with Crippen molar-refractivity contribution in [1.29, 1.82) is 0 Å². The molecule has 0 heterocycles. The summed E-state index contributed by atoms with van der Waals surface area (Å²) in [7, 11) is 0. The number of hydrogen-bond donors (Lipinski definition) is 0. The summed E-state index contributed by atoms with van der Waals surface area (Å²) in [5.41, 5.74) is 2.30. The van der Waals surface area contributed by atoms with Gasteiger partial charge < -0.3 is 0 Å². The van der Waals surface area contributed by atoms with Crippen LogP contribution < -0.4 is 0 Å². The topological polar surface area (TPSA) is 60.2 Å². The van der Waals surface area contributed by atoms with Crippen molar-refractivity contribution in [3.8, 4) is 0 Å². The highest BCUT2D eigenvalue weighted by Crippen LogP contribution is 2.27. The number of nitrogens with zero attached hydrogens (tertiary/aromatic N) is 1. The van der Waals surface area contributed by atoms with Gasteiger partial charge in [0.25, 0.3) is 5.69 Å². The standard InChI is InChI=1S/C19H15NO3/c1-12-7-10-15(11-17(12)20(22)23)19(21)18-13(2)8-9-14-5-3-4-6-16(14)18/h3-11H,1-2H3. The van der Waals surface area contributed by atoms with E-state index in [2.05, 4.69) is 0 Å². The molecule has 0 spiro atoms. The van der Waals surface area contributed by atoms with Gasteiger partial charge in [-0.05, 0) is 30.2 Å². The van der Waals surface area contributed by atoms with Crippen LogP contribution in [0.15, 0.2) is 54.6 Å². The molecule has 0 N–H and O–H groups in total. The minimum atomic E-state index is -0.456. The summed E-state index contributed by atoms with van der Waals surface area (Å²) in [6, 6.07) is 16.1. The van der Waals surface area contributed by atoms with Crippen molar-refractivity contribution >= 4 is 22.2 Å². The Balaban J connectivity index is 2.20. The van der Waals surface area contributed by atoms with Gasteiger partial charge >= 0.3 is 0 Å². The quantitative estimate of drug-likeness (QED) is 0.404. The lowest BCUT2D eigenvalue weighted by atomic mass is 9.93. The Bertz CT molecular complexity index is 944. The van der Waals surface area contributed by atoms with Gasteiger partial charge in [-0.3, -0.25) is 14.9 Å². The van der Waals surface area contributed by atoms with Crippen molar-refractivity contribution in [3.63, 3.8) is 0 Å². The number of rotatable bonds is 3. The second-order valence-electron chi connectivity index (χ2n) is 5.57. The molecule has 4 heteroatoms. The van der Waals surface area contributed by atoms with Crippen molar-refractivity contribution in [2.45, 2.75) is 13.8 Å². The van der Waals surface area contributed by atoms with Crippen LogP contribution in [0.25, 0.3) is 10.8 Å². The molecule has 0 aliphatic rings. The van der Waals surface area contributed by atoms with Crippen LogP contribution in [0.2, 0.25) is 0 Å². The number of nitro benzene ring substituents is 1. The van der Waals surface area contributed by atoms with E-state index in [-0.39, 0.29) is 11.5 Å². The number of aryl methyl sites for hydroxylation is 2. The number of ketones is 1. The van der Waals surface area contributed by atoms with Gasteiger partial charge in [0.05, 0.1) is 4.92 Å². The molecular formula is C19H15NO3. The first-order chi connectivity index (χ1) is 11.0. The second kappa shape index (κ2) is 5.65. The number of benzene rings is 3. The molecule has 0 aliphatic carbocycles. The summed E-state index contributed by atoms with van der Waals surface area (Å²) in [6.45, 7) is 3.54. The Kier molecular flexibility index (Phi) is 3.66. The van der Waals surface area contributed by atoms with E-state index in [4.69, 9.17) is 0 Å². The van der Waals surface area contributed by atoms with E-state index in [1.807, 2.05) is 43.3 Å². The van der Waals surface area contributed by atoms with E-state index in [0.29, 0.717) is 16.7 Å². The van der Waals surface area contributed by atoms with Crippen molar-refractivity contribution < 1.29 is 9.72 Å². The highest BCUT2D eigenvalue weighted by molar-refractivity contribution is 6.17. The summed E-state index contributed by atoms with van der Waals surface area (Å²) >= 11 is 0. The SMILES string of the molecule is Cc1ccc(C(=O)c2c(C)ccc3ccccc23)cc1[N+](=O)[O-]. The Morgan fingerprint density at radius 2 is 1.65 bits per heavy atom. The predicted octanol–water partition coefficient (Wildman–Crippen LogP) is 4.60. The van der Waals surface area contributed by atoms with E-state index in [1.165, 1.54) is 6.07 Å². The second-order valence-corrected chi connectivity index (χ2v) is 5.57. The maximum absolute atomic E-state index is 12.9. The molecule has 0 radical (unpaired) electrons. The van der Waals surface area contributed by atoms with Crippen LogP contribution in [0.3, 0.4) is 0 Å². The molecule has 114 valence electrons. The summed E-state index contributed by atoms with van der Waals surface area (Å²) < 4.78 is 0. The maximum Gasteiger partial charge on any atom is 0.273 e. The van der Waals surface area contributed by atoms with Gasteiger partial charge in [-0.2, -0.15) is 0 Å². The maximum atomic E-state index is 12.9. The van der Waals surface area contributed by atoms with E-state index >= 15 is 0 Å². The third kappa shape index (κ3) is 2.59. The molecule has 4 nitrogen and oxygen atoms in total. The fourth-order valence-corrected chi connectivity index (χ4v) is 2.77. The number of fused-ring (bicyclic) bond motifs is 1. The van der Waals surface area contributed by atoms with Gasteiger partial charge in [0.1, 0.15) is 0 Å². The molecule has 23 heavy (non-hydrogen) atoms. The Morgan fingerprint density at radius 1 is 0.957 bits per heavy atom. The Labute approximate surface area is 133 Å². The van der Waals surface area contributed by atoms with Crippen LogP contribution in [-0.4, -0.2) is 10.7 Å².